The van der Waals surface area contributed by atoms with E-state index in [0.717, 1.165) is 5.56 Å². The Morgan fingerprint density at radius 1 is 1.19 bits per heavy atom. The van der Waals surface area contributed by atoms with Gasteiger partial charge in [0.05, 0.1) is 6.54 Å². The lowest BCUT2D eigenvalue weighted by molar-refractivity contribution is -0.137. The quantitative estimate of drug-likeness (QED) is 0.755. The molecule has 0 saturated carbocycles. The van der Waals surface area contributed by atoms with Gasteiger partial charge in [-0.15, -0.1) is 0 Å². The summed E-state index contributed by atoms with van der Waals surface area (Å²) in [6.45, 7) is 3.68. The maximum Gasteiger partial charge on any atom is 0.256 e. The number of carbonyl (C=O) groups excluding carboxylic acids is 2. The van der Waals surface area contributed by atoms with Gasteiger partial charge in [-0.05, 0) is 19.4 Å². The number of carbonyl (C=O) groups is 2. The van der Waals surface area contributed by atoms with Crippen LogP contribution in [0.5, 0.6) is 0 Å². The van der Waals surface area contributed by atoms with Gasteiger partial charge >= 0.3 is 0 Å². The van der Waals surface area contributed by atoms with Crippen LogP contribution in [0.2, 0.25) is 0 Å². The van der Waals surface area contributed by atoms with E-state index in [2.05, 4.69) is 5.43 Å². The summed E-state index contributed by atoms with van der Waals surface area (Å²) in [5.74, 6) is -0.421. The van der Waals surface area contributed by atoms with E-state index < -0.39 is 5.41 Å². The average Bonchev–Trinajstić information content (AvgIpc) is 2.45. The third kappa shape index (κ3) is 1.66. The number of hydrazine groups is 1. The summed E-state index contributed by atoms with van der Waals surface area (Å²) in [5, 5.41) is 1.37. The SMILES string of the molecule is CC1(C)C(=O)NN(Cc2ccccc2)C1=O. The number of benzene rings is 1. The second-order valence-electron chi connectivity index (χ2n) is 4.44. The van der Waals surface area contributed by atoms with E-state index in [1.165, 1.54) is 5.01 Å². The minimum Gasteiger partial charge on any atom is -0.272 e. The molecule has 1 heterocycles. The van der Waals surface area contributed by atoms with Crippen LogP contribution < -0.4 is 5.43 Å². The number of hydrogen-bond donors (Lipinski definition) is 1. The summed E-state index contributed by atoms with van der Waals surface area (Å²) in [6.07, 6.45) is 0. The molecule has 1 aromatic carbocycles. The van der Waals surface area contributed by atoms with Crippen LogP contribution in [-0.2, 0) is 16.1 Å². The van der Waals surface area contributed by atoms with E-state index in [0.29, 0.717) is 6.54 Å². The first-order chi connectivity index (χ1) is 7.51. The Kier molecular flexibility index (Phi) is 2.42. The van der Waals surface area contributed by atoms with Crippen molar-refractivity contribution < 1.29 is 9.59 Å². The standard InChI is InChI=1S/C12H14N2O2/c1-12(2)10(15)13-14(11(12)16)8-9-6-4-3-5-7-9/h3-7H,8H2,1-2H3,(H,13,15). The van der Waals surface area contributed by atoms with Crippen molar-refractivity contribution in [3.05, 3.63) is 35.9 Å². The molecular formula is C12H14N2O2. The first-order valence-electron chi connectivity index (χ1n) is 5.19. The molecule has 1 aromatic rings. The zero-order chi connectivity index (χ0) is 11.8. The second kappa shape index (κ2) is 3.63. The van der Waals surface area contributed by atoms with Crippen LogP contribution in [0.15, 0.2) is 30.3 Å². The Hall–Kier alpha value is -1.84. The summed E-state index contributed by atoms with van der Waals surface area (Å²) in [4.78, 5) is 23.4. The monoisotopic (exact) mass is 218 g/mol. The molecule has 0 aliphatic carbocycles. The lowest BCUT2D eigenvalue weighted by Crippen LogP contribution is -2.35. The molecule has 4 nitrogen and oxygen atoms in total. The maximum absolute atomic E-state index is 11.9. The predicted molar refractivity (Wildman–Crippen MR) is 58.9 cm³/mol. The van der Waals surface area contributed by atoms with Crippen molar-refractivity contribution in [2.75, 3.05) is 0 Å². The summed E-state index contributed by atoms with van der Waals surface area (Å²) in [5.41, 5.74) is 2.63. The topological polar surface area (TPSA) is 49.4 Å². The van der Waals surface area contributed by atoms with Gasteiger partial charge in [-0.1, -0.05) is 30.3 Å². The smallest absolute Gasteiger partial charge is 0.256 e. The number of rotatable bonds is 2. The number of nitrogens with zero attached hydrogens (tertiary/aromatic N) is 1. The molecule has 0 unspecified atom stereocenters. The van der Waals surface area contributed by atoms with Crippen molar-refractivity contribution in [3.8, 4) is 0 Å². The zero-order valence-corrected chi connectivity index (χ0v) is 9.36. The van der Waals surface area contributed by atoms with Gasteiger partial charge in [0.25, 0.3) is 11.8 Å². The fourth-order valence-corrected chi connectivity index (χ4v) is 1.62. The Bertz CT molecular complexity index is 426. The van der Waals surface area contributed by atoms with Crippen LogP contribution in [-0.4, -0.2) is 16.8 Å². The molecular weight excluding hydrogens is 204 g/mol. The molecule has 4 heteroatoms. The first kappa shape index (κ1) is 10.7. The van der Waals surface area contributed by atoms with Gasteiger partial charge in [0, 0.05) is 0 Å². The van der Waals surface area contributed by atoms with Gasteiger partial charge in [0.2, 0.25) is 0 Å². The molecule has 84 valence electrons. The molecule has 2 amide bonds. The molecule has 0 radical (unpaired) electrons. The second-order valence-corrected chi connectivity index (χ2v) is 4.44. The van der Waals surface area contributed by atoms with Gasteiger partial charge in [-0.2, -0.15) is 0 Å². The fraction of sp³-hybridized carbons (Fsp3) is 0.333. The van der Waals surface area contributed by atoms with Gasteiger partial charge < -0.3 is 0 Å². The molecule has 1 N–H and O–H groups in total. The first-order valence-corrected chi connectivity index (χ1v) is 5.19. The summed E-state index contributed by atoms with van der Waals surface area (Å²) >= 11 is 0. The lowest BCUT2D eigenvalue weighted by Gasteiger charge is -2.16. The number of nitrogens with one attached hydrogen (secondary N) is 1. The van der Waals surface area contributed by atoms with E-state index in [-0.39, 0.29) is 11.8 Å². The third-order valence-corrected chi connectivity index (χ3v) is 2.77. The molecule has 0 atom stereocenters. The number of hydrogen-bond acceptors (Lipinski definition) is 2. The van der Waals surface area contributed by atoms with Crippen molar-refractivity contribution in [3.63, 3.8) is 0 Å². The summed E-state index contributed by atoms with van der Waals surface area (Å²) in [6, 6.07) is 9.57. The van der Waals surface area contributed by atoms with Crippen molar-refractivity contribution >= 4 is 11.8 Å². The highest BCUT2D eigenvalue weighted by molar-refractivity contribution is 6.08. The molecule has 1 aliphatic heterocycles. The lowest BCUT2D eigenvalue weighted by atomic mass is 9.93. The Morgan fingerprint density at radius 2 is 1.81 bits per heavy atom. The van der Waals surface area contributed by atoms with Crippen LogP contribution in [0.3, 0.4) is 0 Å². The van der Waals surface area contributed by atoms with Crippen molar-refractivity contribution in [1.29, 1.82) is 0 Å². The highest BCUT2D eigenvalue weighted by atomic mass is 16.2. The van der Waals surface area contributed by atoms with Gasteiger partial charge in [0.15, 0.2) is 0 Å². The van der Waals surface area contributed by atoms with Crippen molar-refractivity contribution in [2.24, 2.45) is 5.41 Å². The molecule has 0 aromatic heterocycles. The molecule has 16 heavy (non-hydrogen) atoms. The van der Waals surface area contributed by atoms with Gasteiger partial charge in [0.1, 0.15) is 5.41 Å². The minimum atomic E-state index is -0.950. The Labute approximate surface area is 94.2 Å². The molecule has 1 fully saturated rings. The normalized spacial score (nSPS) is 18.8. The van der Waals surface area contributed by atoms with Crippen LogP contribution in [0.25, 0.3) is 0 Å². The molecule has 1 aliphatic rings. The van der Waals surface area contributed by atoms with Crippen LogP contribution in [0.1, 0.15) is 19.4 Å². The Morgan fingerprint density at radius 3 is 2.31 bits per heavy atom. The van der Waals surface area contributed by atoms with Crippen LogP contribution in [0.4, 0.5) is 0 Å². The maximum atomic E-state index is 11.9. The number of amides is 2. The van der Waals surface area contributed by atoms with Crippen LogP contribution >= 0.6 is 0 Å². The summed E-state index contributed by atoms with van der Waals surface area (Å²) in [7, 11) is 0. The Balaban J connectivity index is 2.14. The van der Waals surface area contributed by atoms with Gasteiger partial charge in [-0.3, -0.25) is 15.0 Å². The van der Waals surface area contributed by atoms with E-state index in [1.807, 2.05) is 30.3 Å². The molecule has 0 spiro atoms. The molecule has 2 rings (SSSR count). The highest BCUT2D eigenvalue weighted by Crippen LogP contribution is 2.25. The summed E-state index contributed by atoms with van der Waals surface area (Å²) < 4.78 is 0. The average molecular weight is 218 g/mol. The van der Waals surface area contributed by atoms with E-state index in [1.54, 1.807) is 13.8 Å². The van der Waals surface area contributed by atoms with E-state index in [9.17, 15) is 9.59 Å². The van der Waals surface area contributed by atoms with E-state index in [4.69, 9.17) is 0 Å². The van der Waals surface area contributed by atoms with E-state index >= 15 is 0 Å². The molecule has 0 bridgehead atoms. The third-order valence-electron chi connectivity index (χ3n) is 2.77. The minimum absolute atomic E-state index is 0.179. The zero-order valence-electron chi connectivity index (χ0n) is 9.36. The highest BCUT2D eigenvalue weighted by Gasteiger charge is 2.46. The van der Waals surface area contributed by atoms with Crippen LogP contribution in [0, 0.1) is 5.41 Å². The van der Waals surface area contributed by atoms with Gasteiger partial charge in [-0.25, -0.2) is 5.01 Å². The molecule has 1 saturated heterocycles. The van der Waals surface area contributed by atoms with Crippen molar-refractivity contribution in [1.82, 2.24) is 10.4 Å². The predicted octanol–water partition coefficient (Wildman–Crippen LogP) is 1.09. The van der Waals surface area contributed by atoms with Crippen molar-refractivity contribution in [2.45, 2.75) is 20.4 Å². The largest absolute Gasteiger partial charge is 0.272 e. The fourth-order valence-electron chi connectivity index (χ4n) is 1.62.